The smallest absolute Gasteiger partial charge is 0.0349 e. The van der Waals surface area contributed by atoms with Crippen LogP contribution in [0.5, 0.6) is 0 Å². The van der Waals surface area contributed by atoms with Crippen molar-refractivity contribution in [1.82, 2.24) is 10.2 Å². The fraction of sp³-hybridized carbons (Fsp3) is 0.412. The molecule has 0 saturated carbocycles. The van der Waals surface area contributed by atoms with Crippen molar-refractivity contribution in [2.75, 3.05) is 19.6 Å². The van der Waals surface area contributed by atoms with Gasteiger partial charge in [0.15, 0.2) is 0 Å². The Morgan fingerprint density at radius 3 is 2.80 bits per heavy atom. The number of fused-ring (bicyclic) bond motifs is 1. The Morgan fingerprint density at radius 2 is 2.10 bits per heavy atom. The van der Waals surface area contributed by atoms with Crippen molar-refractivity contribution >= 4 is 21.4 Å². The van der Waals surface area contributed by atoms with E-state index in [2.05, 4.69) is 54.9 Å². The second-order valence-electron chi connectivity index (χ2n) is 4.90. The molecule has 0 unspecified atom stereocenters. The van der Waals surface area contributed by atoms with E-state index < -0.39 is 0 Å². The molecule has 2 nitrogen and oxygen atoms in total. The van der Waals surface area contributed by atoms with E-state index in [9.17, 15) is 0 Å². The van der Waals surface area contributed by atoms with Crippen LogP contribution < -0.4 is 5.32 Å². The van der Waals surface area contributed by atoms with E-state index in [0.29, 0.717) is 0 Å². The molecule has 0 aliphatic rings. The van der Waals surface area contributed by atoms with Crippen LogP contribution in [0, 0.1) is 0 Å². The molecule has 0 aliphatic carbocycles. The Bertz CT molecular complexity index is 559. The van der Waals surface area contributed by atoms with Crippen molar-refractivity contribution in [3.8, 4) is 0 Å². The fourth-order valence-corrected chi connectivity index (χ4v) is 3.60. The highest BCUT2D eigenvalue weighted by Gasteiger charge is 2.13. The third-order valence-electron chi connectivity index (χ3n) is 3.53. The molecule has 20 heavy (non-hydrogen) atoms. The highest BCUT2D eigenvalue weighted by molar-refractivity contribution is 7.19. The van der Waals surface area contributed by atoms with Crippen LogP contribution in [0.3, 0.4) is 0 Å². The summed E-state index contributed by atoms with van der Waals surface area (Å²) in [5, 5.41) is 4.87. The quantitative estimate of drug-likeness (QED) is 0.738. The standard InChI is InChI=1S/C17H24N2S/c1-4-11-19(6-3)13-15-14-9-7-8-10-16(14)20-17(15)12-18-5-2/h4,7-10,18H,1,5-6,11-13H2,2-3H3. The Labute approximate surface area is 126 Å². The average molecular weight is 288 g/mol. The van der Waals surface area contributed by atoms with Gasteiger partial charge in [-0.15, -0.1) is 17.9 Å². The van der Waals surface area contributed by atoms with Gasteiger partial charge in [0, 0.05) is 29.2 Å². The van der Waals surface area contributed by atoms with E-state index in [0.717, 1.165) is 32.7 Å². The van der Waals surface area contributed by atoms with Crippen LogP contribution >= 0.6 is 11.3 Å². The van der Waals surface area contributed by atoms with Crippen LogP contribution in [-0.2, 0) is 13.1 Å². The zero-order valence-corrected chi connectivity index (χ0v) is 13.3. The number of rotatable bonds is 8. The molecule has 1 aromatic heterocycles. The van der Waals surface area contributed by atoms with Gasteiger partial charge in [-0.25, -0.2) is 0 Å². The maximum Gasteiger partial charge on any atom is 0.0349 e. The van der Waals surface area contributed by atoms with E-state index >= 15 is 0 Å². The first-order chi connectivity index (χ1) is 9.80. The number of nitrogens with one attached hydrogen (secondary N) is 1. The molecule has 0 radical (unpaired) electrons. The predicted molar refractivity (Wildman–Crippen MR) is 90.4 cm³/mol. The maximum absolute atomic E-state index is 3.86. The molecular weight excluding hydrogens is 264 g/mol. The van der Waals surface area contributed by atoms with E-state index in [-0.39, 0.29) is 0 Å². The van der Waals surface area contributed by atoms with Crippen molar-refractivity contribution in [2.45, 2.75) is 26.9 Å². The minimum absolute atomic E-state index is 0.946. The molecule has 0 saturated heterocycles. The molecule has 1 heterocycles. The molecule has 1 N–H and O–H groups in total. The van der Waals surface area contributed by atoms with Gasteiger partial charge in [-0.1, -0.05) is 38.1 Å². The molecule has 3 heteroatoms. The summed E-state index contributed by atoms with van der Waals surface area (Å²) in [6, 6.07) is 8.74. The average Bonchev–Trinajstić information content (AvgIpc) is 2.82. The van der Waals surface area contributed by atoms with Crippen molar-refractivity contribution in [3.05, 3.63) is 47.4 Å². The van der Waals surface area contributed by atoms with Gasteiger partial charge < -0.3 is 5.32 Å². The van der Waals surface area contributed by atoms with Gasteiger partial charge >= 0.3 is 0 Å². The van der Waals surface area contributed by atoms with Gasteiger partial charge in [0.25, 0.3) is 0 Å². The van der Waals surface area contributed by atoms with Gasteiger partial charge in [-0.05, 0) is 30.1 Å². The van der Waals surface area contributed by atoms with Gasteiger partial charge in [0.2, 0.25) is 0 Å². The third kappa shape index (κ3) is 3.48. The molecule has 0 atom stereocenters. The minimum Gasteiger partial charge on any atom is -0.312 e. The van der Waals surface area contributed by atoms with Crippen molar-refractivity contribution in [2.24, 2.45) is 0 Å². The van der Waals surface area contributed by atoms with E-state index in [1.165, 1.54) is 20.5 Å². The van der Waals surface area contributed by atoms with Crippen LogP contribution in [0.15, 0.2) is 36.9 Å². The molecule has 0 bridgehead atoms. The number of hydrogen-bond acceptors (Lipinski definition) is 3. The molecule has 0 aliphatic heterocycles. The van der Waals surface area contributed by atoms with E-state index in [1.54, 1.807) is 0 Å². The lowest BCUT2D eigenvalue weighted by Crippen LogP contribution is -2.23. The Morgan fingerprint density at radius 1 is 1.30 bits per heavy atom. The van der Waals surface area contributed by atoms with Crippen molar-refractivity contribution in [1.29, 1.82) is 0 Å². The summed E-state index contributed by atoms with van der Waals surface area (Å²) < 4.78 is 1.39. The maximum atomic E-state index is 3.86. The number of nitrogens with zero attached hydrogens (tertiary/aromatic N) is 1. The van der Waals surface area contributed by atoms with Gasteiger partial charge in [0.1, 0.15) is 0 Å². The second-order valence-corrected chi connectivity index (χ2v) is 6.03. The monoisotopic (exact) mass is 288 g/mol. The molecule has 1 aromatic carbocycles. The van der Waals surface area contributed by atoms with Crippen molar-refractivity contribution in [3.63, 3.8) is 0 Å². The lowest BCUT2D eigenvalue weighted by Gasteiger charge is -2.19. The summed E-state index contributed by atoms with van der Waals surface area (Å²) in [7, 11) is 0. The highest BCUT2D eigenvalue weighted by atomic mass is 32.1. The van der Waals surface area contributed by atoms with E-state index in [4.69, 9.17) is 0 Å². The molecule has 2 rings (SSSR count). The topological polar surface area (TPSA) is 15.3 Å². The predicted octanol–water partition coefficient (Wildman–Crippen LogP) is 4.02. The summed E-state index contributed by atoms with van der Waals surface area (Å²) in [5.41, 5.74) is 1.48. The van der Waals surface area contributed by atoms with Crippen LogP contribution in [0.2, 0.25) is 0 Å². The summed E-state index contributed by atoms with van der Waals surface area (Å²) in [5.74, 6) is 0. The van der Waals surface area contributed by atoms with Crippen LogP contribution in [0.4, 0.5) is 0 Å². The van der Waals surface area contributed by atoms with Gasteiger partial charge in [-0.2, -0.15) is 0 Å². The normalized spacial score (nSPS) is 11.3. The first-order valence-corrected chi connectivity index (χ1v) is 8.15. The first kappa shape index (κ1) is 15.2. The molecular formula is C17H24N2S. The number of benzene rings is 1. The van der Waals surface area contributed by atoms with Crippen LogP contribution in [-0.4, -0.2) is 24.5 Å². The summed E-state index contributed by atoms with van der Waals surface area (Å²) >= 11 is 1.92. The van der Waals surface area contributed by atoms with Gasteiger partial charge in [0.05, 0.1) is 0 Å². The largest absolute Gasteiger partial charge is 0.312 e. The molecule has 2 aromatic rings. The van der Waals surface area contributed by atoms with Crippen molar-refractivity contribution < 1.29 is 0 Å². The molecule has 0 amide bonds. The Kier molecular flexibility index (Phi) is 5.77. The molecule has 0 fully saturated rings. The summed E-state index contributed by atoms with van der Waals surface area (Å²) in [6.45, 7) is 13.2. The van der Waals surface area contributed by atoms with Crippen LogP contribution in [0.25, 0.3) is 10.1 Å². The number of thiophene rings is 1. The zero-order valence-electron chi connectivity index (χ0n) is 12.5. The first-order valence-electron chi connectivity index (χ1n) is 7.33. The lowest BCUT2D eigenvalue weighted by molar-refractivity contribution is 0.312. The van der Waals surface area contributed by atoms with E-state index in [1.807, 2.05) is 17.4 Å². The fourth-order valence-electron chi connectivity index (χ4n) is 2.42. The zero-order chi connectivity index (χ0) is 14.4. The lowest BCUT2D eigenvalue weighted by atomic mass is 10.1. The molecule has 108 valence electrons. The third-order valence-corrected chi connectivity index (χ3v) is 4.75. The Hall–Kier alpha value is -1.16. The highest BCUT2D eigenvalue weighted by Crippen LogP contribution is 2.32. The second kappa shape index (κ2) is 7.58. The Balaban J connectivity index is 2.33. The minimum atomic E-state index is 0.946. The number of hydrogen-bond donors (Lipinski definition) is 1. The summed E-state index contributed by atoms with van der Waals surface area (Å²) in [6.07, 6.45) is 1.99. The van der Waals surface area contributed by atoms with Gasteiger partial charge in [-0.3, -0.25) is 4.90 Å². The van der Waals surface area contributed by atoms with Crippen LogP contribution in [0.1, 0.15) is 24.3 Å². The molecule has 0 spiro atoms. The summed E-state index contributed by atoms with van der Waals surface area (Å²) in [4.78, 5) is 3.90. The number of likely N-dealkylation sites (N-methyl/N-ethyl adjacent to an activating group) is 1. The SMILES string of the molecule is C=CCN(CC)Cc1c(CNCC)sc2ccccc12.